The van der Waals surface area contributed by atoms with Gasteiger partial charge in [-0.25, -0.2) is 0 Å². The molecular formula is C13H19NO3. The number of hydrogen-bond donors (Lipinski definition) is 2. The van der Waals surface area contributed by atoms with Gasteiger partial charge in [0, 0.05) is 12.3 Å². The van der Waals surface area contributed by atoms with Crippen LogP contribution in [0.25, 0.3) is 0 Å². The molecule has 0 unspecified atom stereocenters. The molecule has 1 rings (SSSR count). The van der Waals surface area contributed by atoms with Crippen molar-refractivity contribution in [2.45, 2.75) is 26.4 Å². The molecule has 0 bridgehead atoms. The zero-order valence-corrected chi connectivity index (χ0v) is 10.3. The molecule has 0 aliphatic rings. The average Bonchev–Trinajstić information content (AvgIpc) is 2.29. The lowest BCUT2D eigenvalue weighted by Crippen LogP contribution is -2.20. The largest absolute Gasteiger partial charge is 0.396 e. The van der Waals surface area contributed by atoms with E-state index in [-0.39, 0.29) is 25.2 Å². The van der Waals surface area contributed by atoms with Crippen molar-refractivity contribution in [3.63, 3.8) is 0 Å². The molecule has 0 atom stereocenters. The van der Waals surface area contributed by atoms with E-state index >= 15 is 0 Å². The number of aliphatic hydroxyl groups is 1. The molecule has 17 heavy (non-hydrogen) atoms. The Balaban J connectivity index is 2.43. The summed E-state index contributed by atoms with van der Waals surface area (Å²) in [6.45, 7) is 3.97. The molecule has 0 saturated carbocycles. The predicted octanol–water partition coefficient (Wildman–Crippen LogP) is 1.58. The van der Waals surface area contributed by atoms with Crippen LogP contribution in [-0.4, -0.2) is 30.3 Å². The van der Waals surface area contributed by atoms with E-state index < -0.39 is 0 Å². The quantitative estimate of drug-likeness (QED) is 0.789. The maximum absolute atomic E-state index is 11.5. The van der Waals surface area contributed by atoms with Crippen LogP contribution in [0.2, 0.25) is 0 Å². The van der Waals surface area contributed by atoms with Gasteiger partial charge in [0.25, 0.3) is 0 Å². The normalized spacial score (nSPS) is 10.6. The first-order chi connectivity index (χ1) is 8.11. The third-order valence-electron chi connectivity index (χ3n) is 2.19. The van der Waals surface area contributed by atoms with Crippen LogP contribution in [0.5, 0.6) is 0 Å². The molecule has 0 aliphatic heterocycles. The van der Waals surface area contributed by atoms with E-state index in [4.69, 9.17) is 9.84 Å². The Kier molecular flexibility index (Phi) is 5.66. The van der Waals surface area contributed by atoms with Gasteiger partial charge in [-0.2, -0.15) is 0 Å². The molecule has 0 aromatic heterocycles. The van der Waals surface area contributed by atoms with E-state index in [0.717, 1.165) is 11.3 Å². The standard InChI is InChI=1S/C13H19NO3/c1-10(2)17-9-13(16)14-12-5-3-11(4-6-12)7-8-15/h3-6,10,15H,7-9H2,1-2H3,(H,14,16). The summed E-state index contributed by atoms with van der Waals surface area (Å²) in [4.78, 5) is 11.5. The molecule has 0 aliphatic carbocycles. The fraction of sp³-hybridized carbons (Fsp3) is 0.462. The lowest BCUT2D eigenvalue weighted by molar-refractivity contribution is -0.121. The number of benzene rings is 1. The Morgan fingerprint density at radius 3 is 2.53 bits per heavy atom. The Morgan fingerprint density at radius 2 is 2.00 bits per heavy atom. The zero-order valence-electron chi connectivity index (χ0n) is 10.3. The van der Waals surface area contributed by atoms with Gasteiger partial charge >= 0.3 is 0 Å². The molecule has 0 fully saturated rings. The third kappa shape index (κ3) is 5.47. The van der Waals surface area contributed by atoms with E-state index in [9.17, 15) is 4.79 Å². The number of carbonyl (C=O) groups excluding carboxylic acids is 1. The van der Waals surface area contributed by atoms with E-state index in [1.54, 1.807) is 0 Å². The van der Waals surface area contributed by atoms with Gasteiger partial charge in [-0.3, -0.25) is 4.79 Å². The van der Waals surface area contributed by atoms with Crippen LogP contribution in [0.15, 0.2) is 24.3 Å². The maximum Gasteiger partial charge on any atom is 0.250 e. The monoisotopic (exact) mass is 237 g/mol. The van der Waals surface area contributed by atoms with Crippen LogP contribution in [0.1, 0.15) is 19.4 Å². The summed E-state index contributed by atoms with van der Waals surface area (Å²) < 4.78 is 5.19. The van der Waals surface area contributed by atoms with Crippen LogP contribution >= 0.6 is 0 Å². The minimum absolute atomic E-state index is 0.0488. The molecule has 0 radical (unpaired) electrons. The Hall–Kier alpha value is -1.39. The SMILES string of the molecule is CC(C)OCC(=O)Nc1ccc(CCO)cc1. The fourth-order valence-corrected chi connectivity index (χ4v) is 1.32. The number of ether oxygens (including phenoxy) is 1. The van der Waals surface area contributed by atoms with Gasteiger partial charge in [-0.15, -0.1) is 0 Å². The second kappa shape index (κ2) is 7.04. The minimum Gasteiger partial charge on any atom is -0.396 e. The van der Waals surface area contributed by atoms with Crippen molar-refractivity contribution < 1.29 is 14.6 Å². The van der Waals surface area contributed by atoms with Crippen molar-refractivity contribution in [1.29, 1.82) is 0 Å². The van der Waals surface area contributed by atoms with Crippen molar-refractivity contribution in [1.82, 2.24) is 0 Å². The molecule has 2 N–H and O–H groups in total. The van der Waals surface area contributed by atoms with Gasteiger partial charge in [-0.05, 0) is 38.0 Å². The maximum atomic E-state index is 11.5. The van der Waals surface area contributed by atoms with Crippen LogP contribution in [-0.2, 0) is 16.0 Å². The average molecular weight is 237 g/mol. The number of hydrogen-bond acceptors (Lipinski definition) is 3. The van der Waals surface area contributed by atoms with E-state index in [1.807, 2.05) is 38.1 Å². The van der Waals surface area contributed by atoms with Gasteiger partial charge in [0.2, 0.25) is 5.91 Å². The highest BCUT2D eigenvalue weighted by atomic mass is 16.5. The number of aliphatic hydroxyl groups excluding tert-OH is 1. The van der Waals surface area contributed by atoms with Gasteiger partial charge in [-0.1, -0.05) is 12.1 Å². The lowest BCUT2D eigenvalue weighted by atomic mass is 10.1. The molecule has 1 aromatic carbocycles. The molecule has 4 heteroatoms. The van der Waals surface area contributed by atoms with Crippen LogP contribution < -0.4 is 5.32 Å². The number of nitrogens with one attached hydrogen (secondary N) is 1. The molecular weight excluding hydrogens is 218 g/mol. The highest BCUT2D eigenvalue weighted by Gasteiger charge is 2.03. The topological polar surface area (TPSA) is 58.6 Å². The number of amides is 1. The molecule has 0 saturated heterocycles. The predicted molar refractivity (Wildman–Crippen MR) is 66.9 cm³/mol. The second-order valence-corrected chi connectivity index (χ2v) is 4.08. The molecule has 4 nitrogen and oxygen atoms in total. The molecule has 1 aromatic rings. The van der Waals surface area contributed by atoms with Gasteiger partial charge in [0.1, 0.15) is 6.61 Å². The molecule has 94 valence electrons. The summed E-state index contributed by atoms with van der Waals surface area (Å²) in [5.74, 6) is -0.159. The summed E-state index contributed by atoms with van der Waals surface area (Å²) in [6, 6.07) is 7.40. The summed E-state index contributed by atoms with van der Waals surface area (Å²) in [6.07, 6.45) is 0.678. The first-order valence-corrected chi connectivity index (χ1v) is 5.73. The first-order valence-electron chi connectivity index (χ1n) is 5.73. The summed E-state index contributed by atoms with van der Waals surface area (Å²) in [5.41, 5.74) is 1.79. The van der Waals surface area contributed by atoms with Crippen LogP contribution in [0, 0.1) is 0 Å². The Morgan fingerprint density at radius 1 is 1.35 bits per heavy atom. The van der Waals surface area contributed by atoms with Crippen molar-refractivity contribution in [3.05, 3.63) is 29.8 Å². The smallest absolute Gasteiger partial charge is 0.250 e. The van der Waals surface area contributed by atoms with Crippen molar-refractivity contribution in [3.8, 4) is 0 Å². The highest BCUT2D eigenvalue weighted by Crippen LogP contribution is 2.09. The van der Waals surface area contributed by atoms with Crippen LogP contribution in [0.3, 0.4) is 0 Å². The van der Waals surface area contributed by atoms with Gasteiger partial charge < -0.3 is 15.2 Å². The summed E-state index contributed by atoms with van der Waals surface area (Å²) >= 11 is 0. The van der Waals surface area contributed by atoms with Crippen molar-refractivity contribution >= 4 is 11.6 Å². The van der Waals surface area contributed by atoms with E-state index in [0.29, 0.717) is 6.42 Å². The van der Waals surface area contributed by atoms with Crippen LogP contribution in [0.4, 0.5) is 5.69 Å². The molecule has 0 heterocycles. The summed E-state index contributed by atoms with van der Waals surface area (Å²) in [5, 5.41) is 11.5. The van der Waals surface area contributed by atoms with Crippen molar-refractivity contribution in [2.75, 3.05) is 18.5 Å². The fourth-order valence-electron chi connectivity index (χ4n) is 1.32. The second-order valence-electron chi connectivity index (χ2n) is 4.08. The lowest BCUT2D eigenvalue weighted by Gasteiger charge is -2.08. The number of carbonyl (C=O) groups is 1. The molecule has 0 spiro atoms. The Bertz CT molecular complexity index is 346. The van der Waals surface area contributed by atoms with Gasteiger partial charge in [0.05, 0.1) is 6.10 Å². The van der Waals surface area contributed by atoms with E-state index in [2.05, 4.69) is 5.32 Å². The summed E-state index contributed by atoms with van der Waals surface area (Å²) in [7, 11) is 0. The number of anilines is 1. The minimum atomic E-state index is -0.159. The Labute approximate surface area is 102 Å². The zero-order chi connectivity index (χ0) is 12.7. The third-order valence-corrected chi connectivity index (χ3v) is 2.19. The van der Waals surface area contributed by atoms with Gasteiger partial charge in [0.15, 0.2) is 0 Å². The van der Waals surface area contributed by atoms with Crippen molar-refractivity contribution in [2.24, 2.45) is 0 Å². The highest BCUT2D eigenvalue weighted by molar-refractivity contribution is 5.91. The van der Waals surface area contributed by atoms with E-state index in [1.165, 1.54) is 0 Å². The first kappa shape index (κ1) is 13.7. The number of rotatable bonds is 6. The molecule has 1 amide bonds.